The quantitative estimate of drug-likeness (QED) is 0.382. The van der Waals surface area contributed by atoms with Crippen LogP contribution in [0.1, 0.15) is 12.5 Å². The van der Waals surface area contributed by atoms with Crippen LogP contribution < -0.4 is 0 Å². The van der Waals surface area contributed by atoms with E-state index >= 15 is 0 Å². The van der Waals surface area contributed by atoms with E-state index in [9.17, 15) is 14.7 Å². The molecule has 2 rings (SSSR count). The van der Waals surface area contributed by atoms with Gasteiger partial charge in [-0.05, 0) is 13.0 Å². The van der Waals surface area contributed by atoms with E-state index in [0.717, 1.165) is 17.0 Å². The van der Waals surface area contributed by atoms with Crippen molar-refractivity contribution < 1.29 is 19.4 Å². The molecule has 1 aromatic carbocycles. The first-order chi connectivity index (χ1) is 9.13. The highest BCUT2D eigenvalue weighted by atomic mass is 16.5. The maximum Gasteiger partial charge on any atom is 0.379 e. The SMILES string of the molecule is CCOC(=O)C(=O)/C=C(/O)c1c[nH]c2ccccc12. The van der Waals surface area contributed by atoms with Gasteiger partial charge in [0.05, 0.1) is 6.61 Å². The van der Waals surface area contributed by atoms with Crippen LogP contribution in [-0.4, -0.2) is 28.4 Å². The second-order valence-electron chi connectivity index (χ2n) is 3.86. The molecule has 0 aliphatic heterocycles. The smallest absolute Gasteiger partial charge is 0.379 e. The zero-order valence-corrected chi connectivity index (χ0v) is 10.3. The highest BCUT2D eigenvalue weighted by molar-refractivity contribution is 6.39. The number of aromatic nitrogens is 1. The zero-order valence-electron chi connectivity index (χ0n) is 10.3. The Bertz CT molecular complexity index is 654. The Kier molecular flexibility index (Phi) is 3.66. The van der Waals surface area contributed by atoms with Gasteiger partial charge in [-0.2, -0.15) is 0 Å². The Hall–Kier alpha value is -2.56. The molecule has 1 heterocycles. The third-order valence-electron chi connectivity index (χ3n) is 2.61. The van der Waals surface area contributed by atoms with E-state index in [1.54, 1.807) is 19.2 Å². The number of carbonyl (C=O) groups is 2. The molecule has 2 N–H and O–H groups in total. The molecule has 0 saturated carbocycles. The summed E-state index contributed by atoms with van der Waals surface area (Å²) in [7, 11) is 0. The lowest BCUT2D eigenvalue weighted by molar-refractivity contribution is -0.151. The van der Waals surface area contributed by atoms with Crippen molar-refractivity contribution in [2.45, 2.75) is 6.92 Å². The number of fused-ring (bicyclic) bond motifs is 1. The number of aliphatic hydroxyl groups is 1. The Balaban J connectivity index is 2.31. The molecule has 0 unspecified atom stereocenters. The van der Waals surface area contributed by atoms with Crippen molar-refractivity contribution in [3.05, 3.63) is 42.1 Å². The summed E-state index contributed by atoms with van der Waals surface area (Å²) in [4.78, 5) is 25.6. The first-order valence-corrected chi connectivity index (χ1v) is 5.81. The lowest BCUT2D eigenvalue weighted by atomic mass is 10.1. The Morgan fingerprint density at radius 1 is 1.37 bits per heavy atom. The van der Waals surface area contributed by atoms with Crippen molar-refractivity contribution in [1.29, 1.82) is 0 Å². The highest BCUT2D eigenvalue weighted by Crippen LogP contribution is 2.23. The van der Waals surface area contributed by atoms with Crippen LogP contribution in [0.2, 0.25) is 0 Å². The number of H-pyrrole nitrogens is 1. The number of para-hydroxylation sites is 1. The molecule has 0 fully saturated rings. The minimum atomic E-state index is -0.978. The van der Waals surface area contributed by atoms with Crippen LogP contribution in [0.4, 0.5) is 0 Å². The van der Waals surface area contributed by atoms with Gasteiger partial charge in [0.25, 0.3) is 5.78 Å². The summed E-state index contributed by atoms with van der Waals surface area (Å²) in [5.74, 6) is -2.13. The molecule has 98 valence electrons. The van der Waals surface area contributed by atoms with Gasteiger partial charge in [-0.3, -0.25) is 4.79 Å². The monoisotopic (exact) mass is 259 g/mol. The molecule has 1 aromatic heterocycles. The first kappa shape index (κ1) is 12.9. The molecule has 2 aromatic rings. The van der Waals surface area contributed by atoms with E-state index < -0.39 is 11.8 Å². The Morgan fingerprint density at radius 3 is 2.84 bits per heavy atom. The summed E-state index contributed by atoms with van der Waals surface area (Å²) in [6.07, 6.45) is 2.45. The number of rotatable bonds is 4. The van der Waals surface area contributed by atoms with E-state index in [1.807, 2.05) is 18.2 Å². The predicted octanol–water partition coefficient (Wildman–Crippen LogP) is 2.20. The summed E-state index contributed by atoms with van der Waals surface area (Å²) >= 11 is 0. The molecule has 0 aliphatic carbocycles. The average molecular weight is 259 g/mol. The summed E-state index contributed by atoms with van der Waals surface area (Å²) in [5.41, 5.74) is 1.30. The van der Waals surface area contributed by atoms with Gasteiger partial charge >= 0.3 is 5.97 Å². The minimum Gasteiger partial charge on any atom is -0.507 e. The Morgan fingerprint density at radius 2 is 2.11 bits per heavy atom. The van der Waals surface area contributed by atoms with Crippen LogP contribution in [0.15, 0.2) is 36.5 Å². The van der Waals surface area contributed by atoms with Crippen LogP contribution >= 0.6 is 0 Å². The van der Waals surface area contributed by atoms with Crippen molar-refractivity contribution in [2.24, 2.45) is 0 Å². The van der Waals surface area contributed by atoms with Gasteiger partial charge in [0.15, 0.2) is 0 Å². The third-order valence-corrected chi connectivity index (χ3v) is 2.61. The van der Waals surface area contributed by atoms with Crippen molar-refractivity contribution >= 4 is 28.4 Å². The topological polar surface area (TPSA) is 79.4 Å². The molecule has 5 heteroatoms. The number of hydrogen-bond acceptors (Lipinski definition) is 4. The molecular formula is C14H13NO4. The first-order valence-electron chi connectivity index (χ1n) is 5.81. The van der Waals surface area contributed by atoms with E-state index in [-0.39, 0.29) is 12.4 Å². The summed E-state index contributed by atoms with van der Waals surface area (Å²) in [5, 5.41) is 10.7. The third kappa shape index (κ3) is 2.65. The van der Waals surface area contributed by atoms with Crippen LogP contribution in [-0.2, 0) is 14.3 Å². The normalized spacial score (nSPS) is 11.5. The van der Waals surface area contributed by atoms with Crippen LogP contribution in [0.25, 0.3) is 16.7 Å². The maximum absolute atomic E-state index is 11.5. The number of nitrogens with one attached hydrogen (secondary N) is 1. The number of aromatic amines is 1. The summed E-state index contributed by atoms with van der Waals surface area (Å²) in [6.45, 7) is 1.72. The van der Waals surface area contributed by atoms with Crippen LogP contribution in [0, 0.1) is 0 Å². The van der Waals surface area contributed by atoms with E-state index in [4.69, 9.17) is 0 Å². The number of ketones is 1. The summed E-state index contributed by atoms with van der Waals surface area (Å²) < 4.78 is 4.56. The minimum absolute atomic E-state index is 0.117. The Labute approximate surface area is 109 Å². The van der Waals surface area contributed by atoms with E-state index in [0.29, 0.717) is 5.56 Å². The molecule has 19 heavy (non-hydrogen) atoms. The lowest BCUT2D eigenvalue weighted by Gasteiger charge is -1.99. The number of ether oxygens (including phenoxy) is 1. The molecule has 0 aliphatic rings. The molecule has 0 radical (unpaired) electrons. The second-order valence-corrected chi connectivity index (χ2v) is 3.86. The number of hydrogen-bond donors (Lipinski definition) is 2. The van der Waals surface area contributed by atoms with Crippen molar-refractivity contribution in [3.63, 3.8) is 0 Å². The van der Waals surface area contributed by atoms with E-state index in [1.165, 1.54) is 0 Å². The predicted molar refractivity (Wildman–Crippen MR) is 70.5 cm³/mol. The van der Waals surface area contributed by atoms with Gasteiger partial charge in [0.1, 0.15) is 5.76 Å². The number of esters is 1. The number of benzene rings is 1. The molecule has 0 saturated heterocycles. The van der Waals surface area contributed by atoms with Gasteiger partial charge in [0.2, 0.25) is 0 Å². The zero-order chi connectivity index (χ0) is 13.8. The fourth-order valence-corrected chi connectivity index (χ4v) is 1.75. The maximum atomic E-state index is 11.5. The van der Waals surface area contributed by atoms with Gasteiger partial charge in [-0.15, -0.1) is 0 Å². The fraction of sp³-hybridized carbons (Fsp3) is 0.143. The molecule has 0 atom stereocenters. The molecular weight excluding hydrogens is 246 g/mol. The van der Waals surface area contributed by atoms with Crippen molar-refractivity contribution in [3.8, 4) is 0 Å². The van der Waals surface area contributed by atoms with Gasteiger partial charge in [-0.25, -0.2) is 4.79 Å². The molecule has 0 amide bonds. The fourth-order valence-electron chi connectivity index (χ4n) is 1.75. The van der Waals surface area contributed by atoms with Gasteiger partial charge in [0, 0.05) is 28.7 Å². The average Bonchev–Trinajstić information content (AvgIpc) is 2.82. The van der Waals surface area contributed by atoms with Gasteiger partial charge in [-0.1, -0.05) is 18.2 Å². The summed E-state index contributed by atoms with van der Waals surface area (Å²) in [6, 6.07) is 7.33. The largest absolute Gasteiger partial charge is 0.507 e. The van der Waals surface area contributed by atoms with Gasteiger partial charge < -0.3 is 14.8 Å². The molecule has 5 nitrogen and oxygen atoms in total. The second kappa shape index (κ2) is 5.39. The van der Waals surface area contributed by atoms with Crippen LogP contribution in [0.5, 0.6) is 0 Å². The van der Waals surface area contributed by atoms with Crippen molar-refractivity contribution in [2.75, 3.05) is 6.61 Å². The van der Waals surface area contributed by atoms with Crippen LogP contribution in [0.3, 0.4) is 0 Å². The lowest BCUT2D eigenvalue weighted by Crippen LogP contribution is -2.15. The molecule has 0 spiro atoms. The standard InChI is InChI=1S/C14H13NO4/c1-2-19-14(18)13(17)7-12(16)10-8-15-11-6-4-3-5-9(10)11/h3-8,15-16H,2H2,1H3/b12-7+. The number of carbonyl (C=O) groups excluding carboxylic acids is 2. The van der Waals surface area contributed by atoms with Crippen molar-refractivity contribution in [1.82, 2.24) is 4.98 Å². The number of aliphatic hydroxyl groups excluding tert-OH is 1. The highest BCUT2D eigenvalue weighted by Gasteiger charge is 2.15. The molecule has 0 bridgehead atoms. The van der Waals surface area contributed by atoms with E-state index in [2.05, 4.69) is 9.72 Å².